The van der Waals surface area contributed by atoms with E-state index in [0.29, 0.717) is 18.3 Å². The molecule has 1 fully saturated rings. The fourth-order valence-corrected chi connectivity index (χ4v) is 5.80. The molecule has 37 heavy (non-hydrogen) atoms. The number of halogens is 1. The molecule has 6 nitrogen and oxygen atoms in total. The molecule has 1 saturated heterocycles. The molecule has 1 aliphatic rings. The first-order valence-corrected chi connectivity index (χ1v) is 13.7. The number of hydrogen-bond acceptors (Lipinski definition) is 5. The zero-order valence-electron chi connectivity index (χ0n) is 22.8. The van der Waals surface area contributed by atoms with Crippen LogP contribution in [-0.4, -0.2) is 48.9 Å². The first-order valence-electron chi connectivity index (χ1n) is 13.4. The third-order valence-corrected chi connectivity index (χ3v) is 7.83. The van der Waals surface area contributed by atoms with Crippen LogP contribution in [0.4, 0.5) is 0 Å². The maximum absolute atomic E-state index is 6.93. The van der Waals surface area contributed by atoms with Crippen LogP contribution in [0, 0.1) is 0 Å². The maximum Gasteiger partial charge on any atom is 0.161 e. The molecular formula is C30H40ClN3O3. The van der Waals surface area contributed by atoms with Gasteiger partial charge in [0.25, 0.3) is 0 Å². The highest BCUT2D eigenvalue weighted by atomic mass is 35.5. The highest BCUT2D eigenvalue weighted by Gasteiger charge is 2.29. The van der Waals surface area contributed by atoms with Crippen LogP contribution in [0.25, 0.3) is 11.4 Å². The van der Waals surface area contributed by atoms with Crippen molar-refractivity contribution >= 4 is 11.6 Å². The molecule has 1 atom stereocenters. The van der Waals surface area contributed by atoms with E-state index < -0.39 is 0 Å². The predicted molar refractivity (Wildman–Crippen MR) is 150 cm³/mol. The van der Waals surface area contributed by atoms with Crippen LogP contribution in [0.15, 0.2) is 36.4 Å². The molecule has 0 N–H and O–H groups in total. The molecule has 1 aliphatic heterocycles. The van der Waals surface area contributed by atoms with E-state index >= 15 is 0 Å². The Labute approximate surface area is 226 Å². The van der Waals surface area contributed by atoms with Crippen molar-refractivity contribution in [2.45, 2.75) is 65.1 Å². The van der Waals surface area contributed by atoms with Crippen LogP contribution in [0.1, 0.15) is 61.5 Å². The third kappa shape index (κ3) is 5.82. The Morgan fingerprint density at radius 3 is 2.35 bits per heavy atom. The van der Waals surface area contributed by atoms with Crippen molar-refractivity contribution in [1.82, 2.24) is 14.5 Å². The van der Waals surface area contributed by atoms with Gasteiger partial charge in [0.05, 0.1) is 26.5 Å². The Bertz CT molecular complexity index is 1170. The lowest BCUT2D eigenvalue weighted by molar-refractivity contribution is 0.134. The molecular weight excluding hydrogens is 486 g/mol. The molecule has 0 amide bonds. The van der Waals surface area contributed by atoms with Crippen LogP contribution in [-0.2, 0) is 30.7 Å². The Morgan fingerprint density at radius 2 is 1.70 bits per heavy atom. The third-order valence-electron chi connectivity index (χ3n) is 7.52. The molecule has 1 aromatic heterocycles. The lowest BCUT2D eigenvalue weighted by atomic mass is 9.94. The molecule has 0 spiro atoms. The summed E-state index contributed by atoms with van der Waals surface area (Å²) >= 11 is 6.93. The Balaban J connectivity index is 1.75. The Morgan fingerprint density at radius 1 is 0.973 bits per heavy atom. The van der Waals surface area contributed by atoms with Gasteiger partial charge >= 0.3 is 0 Å². The maximum atomic E-state index is 6.93. The van der Waals surface area contributed by atoms with E-state index in [9.17, 15) is 0 Å². The fourth-order valence-electron chi connectivity index (χ4n) is 5.56. The number of aryl methyl sites for hydroxylation is 2. The summed E-state index contributed by atoms with van der Waals surface area (Å²) in [7, 11) is 5.10. The topological polar surface area (TPSA) is 48.8 Å². The van der Waals surface area contributed by atoms with Gasteiger partial charge in [-0.1, -0.05) is 56.1 Å². The smallest absolute Gasteiger partial charge is 0.161 e. The number of hydrogen-bond donors (Lipinski definition) is 0. The number of nitrogens with zero attached hydrogens (tertiary/aromatic N) is 3. The minimum atomic E-state index is 0.271. The summed E-state index contributed by atoms with van der Waals surface area (Å²) in [5.41, 5.74) is 6.10. The van der Waals surface area contributed by atoms with Gasteiger partial charge in [-0.2, -0.15) is 0 Å². The minimum Gasteiger partial charge on any atom is -0.493 e. The summed E-state index contributed by atoms with van der Waals surface area (Å²) in [6.45, 7) is 7.43. The van der Waals surface area contributed by atoms with Crippen molar-refractivity contribution in [2.75, 3.05) is 34.5 Å². The molecule has 2 aromatic carbocycles. The van der Waals surface area contributed by atoms with Gasteiger partial charge in [0, 0.05) is 31.8 Å². The molecule has 3 aromatic rings. The predicted octanol–water partition coefficient (Wildman–Crippen LogP) is 6.72. The van der Waals surface area contributed by atoms with Gasteiger partial charge in [0.1, 0.15) is 5.82 Å². The van der Waals surface area contributed by atoms with Crippen LogP contribution >= 0.6 is 11.6 Å². The molecule has 0 radical (unpaired) electrons. The summed E-state index contributed by atoms with van der Waals surface area (Å²) in [5, 5.41) is 0.579. The normalized spacial score (nSPS) is 16.2. The van der Waals surface area contributed by atoms with Gasteiger partial charge in [0.2, 0.25) is 0 Å². The zero-order chi connectivity index (χ0) is 26.4. The van der Waals surface area contributed by atoms with Crippen LogP contribution in [0.2, 0.25) is 5.15 Å². The van der Waals surface area contributed by atoms with E-state index in [4.69, 9.17) is 30.8 Å². The average molecular weight is 526 g/mol. The second-order valence-electron chi connectivity index (χ2n) is 9.57. The van der Waals surface area contributed by atoms with Crippen molar-refractivity contribution in [3.05, 3.63) is 63.9 Å². The summed E-state index contributed by atoms with van der Waals surface area (Å²) in [6.07, 6.45) is 5.34. The van der Waals surface area contributed by atoms with Crippen LogP contribution < -0.4 is 9.47 Å². The van der Waals surface area contributed by atoms with Gasteiger partial charge in [-0.3, -0.25) is 4.90 Å². The van der Waals surface area contributed by atoms with Gasteiger partial charge in [-0.25, -0.2) is 4.98 Å². The zero-order valence-corrected chi connectivity index (χ0v) is 23.6. The average Bonchev–Trinajstić information content (AvgIpc) is 3.25. The lowest BCUT2D eigenvalue weighted by Crippen LogP contribution is -2.34. The summed E-state index contributed by atoms with van der Waals surface area (Å²) in [4.78, 5) is 7.51. The van der Waals surface area contributed by atoms with E-state index in [1.54, 1.807) is 21.3 Å². The highest BCUT2D eigenvalue weighted by molar-refractivity contribution is 6.30. The largest absolute Gasteiger partial charge is 0.493 e. The van der Waals surface area contributed by atoms with Crippen LogP contribution in [0.3, 0.4) is 0 Å². The Kier molecular flexibility index (Phi) is 9.52. The second-order valence-corrected chi connectivity index (χ2v) is 9.93. The molecule has 0 aliphatic carbocycles. The summed E-state index contributed by atoms with van der Waals surface area (Å²) < 4.78 is 18.9. The number of likely N-dealkylation sites (tertiary alicyclic amines) is 1. The van der Waals surface area contributed by atoms with Crippen molar-refractivity contribution in [3.63, 3.8) is 0 Å². The standard InChI is InChI=1S/C30H40ClN3O3/c1-6-21-11-10-12-22(7-2)28(21)30-32-29(31)25(34(30)17-18-35-3)20-33-16-9-8-13-24(33)23-14-15-26(36-4)27(19-23)37-5/h10-12,14-15,19,24H,6-9,13,16-18,20H2,1-5H3. The van der Waals surface area contributed by atoms with Gasteiger partial charge in [0.15, 0.2) is 16.7 Å². The molecule has 0 bridgehead atoms. The number of benzene rings is 2. The van der Waals surface area contributed by atoms with Crippen LogP contribution in [0.5, 0.6) is 11.5 Å². The number of aromatic nitrogens is 2. The van der Waals surface area contributed by atoms with E-state index in [1.165, 1.54) is 35.1 Å². The highest BCUT2D eigenvalue weighted by Crippen LogP contribution is 2.39. The van der Waals surface area contributed by atoms with E-state index in [-0.39, 0.29) is 6.04 Å². The molecule has 0 saturated carbocycles. The number of ether oxygens (including phenoxy) is 3. The first kappa shape index (κ1) is 27.5. The van der Waals surface area contributed by atoms with Crippen molar-refractivity contribution in [1.29, 1.82) is 0 Å². The van der Waals surface area contributed by atoms with Gasteiger partial charge in [-0.05, 0) is 61.1 Å². The SMILES string of the molecule is CCc1cccc(CC)c1-c1nc(Cl)c(CN2CCCCC2c2ccc(OC)c(OC)c2)n1CCOC. The van der Waals surface area contributed by atoms with Crippen molar-refractivity contribution in [2.24, 2.45) is 0 Å². The molecule has 4 rings (SSSR count). The number of imidazole rings is 1. The van der Waals surface area contributed by atoms with E-state index in [1.807, 2.05) is 6.07 Å². The van der Waals surface area contributed by atoms with E-state index in [2.05, 4.69) is 53.6 Å². The first-order chi connectivity index (χ1) is 18.1. The second kappa shape index (κ2) is 12.8. The fraction of sp³-hybridized carbons (Fsp3) is 0.500. The Hall–Kier alpha value is -2.54. The number of rotatable bonds is 11. The summed E-state index contributed by atoms with van der Waals surface area (Å²) in [5.74, 6) is 2.46. The monoisotopic (exact) mass is 525 g/mol. The van der Waals surface area contributed by atoms with Crippen molar-refractivity contribution in [3.8, 4) is 22.9 Å². The molecule has 7 heteroatoms. The lowest BCUT2D eigenvalue weighted by Gasteiger charge is -2.36. The molecule has 1 unspecified atom stereocenters. The number of piperidine rings is 1. The molecule has 2 heterocycles. The van der Waals surface area contributed by atoms with Gasteiger partial charge < -0.3 is 18.8 Å². The number of methoxy groups -OCH3 is 3. The van der Waals surface area contributed by atoms with E-state index in [0.717, 1.165) is 55.4 Å². The summed E-state index contributed by atoms with van der Waals surface area (Å²) in [6, 6.07) is 13.1. The van der Waals surface area contributed by atoms with Crippen molar-refractivity contribution < 1.29 is 14.2 Å². The molecule has 200 valence electrons. The quantitative estimate of drug-likeness (QED) is 0.278. The minimum absolute atomic E-state index is 0.271. The van der Waals surface area contributed by atoms with Gasteiger partial charge in [-0.15, -0.1) is 0 Å².